The molecule has 1 saturated heterocycles. The molecule has 1 aromatic heterocycles. The van der Waals surface area contributed by atoms with Crippen LogP contribution >= 0.6 is 11.8 Å². The summed E-state index contributed by atoms with van der Waals surface area (Å²) >= 11 is 1.42. The summed E-state index contributed by atoms with van der Waals surface area (Å²) in [5.74, 6) is 0.161. The fourth-order valence-electron chi connectivity index (χ4n) is 4.14. The molecule has 0 radical (unpaired) electrons. The van der Waals surface area contributed by atoms with Gasteiger partial charge in [0.2, 0.25) is 5.91 Å². The van der Waals surface area contributed by atoms with Crippen LogP contribution < -0.4 is 5.56 Å². The van der Waals surface area contributed by atoms with Gasteiger partial charge in [0.15, 0.2) is 5.16 Å². The van der Waals surface area contributed by atoms with Crippen molar-refractivity contribution >= 4 is 28.6 Å². The van der Waals surface area contributed by atoms with Gasteiger partial charge in [-0.15, -0.1) is 0 Å². The van der Waals surface area contributed by atoms with Crippen LogP contribution in [-0.4, -0.2) is 63.7 Å². The van der Waals surface area contributed by atoms with E-state index in [-0.39, 0.29) is 16.7 Å². The highest BCUT2D eigenvalue weighted by molar-refractivity contribution is 8.00. The lowest BCUT2D eigenvalue weighted by Crippen LogP contribution is -2.46. The van der Waals surface area contributed by atoms with E-state index in [0.717, 1.165) is 38.8 Å². The van der Waals surface area contributed by atoms with Gasteiger partial charge in [0, 0.05) is 19.1 Å². The average Bonchev–Trinajstić information content (AvgIpc) is 2.75. The van der Waals surface area contributed by atoms with Crippen LogP contribution in [0.2, 0.25) is 0 Å². The third kappa shape index (κ3) is 5.24. The number of para-hydroxylation sites is 1. The van der Waals surface area contributed by atoms with Gasteiger partial charge in [0.1, 0.15) is 0 Å². The zero-order valence-corrected chi connectivity index (χ0v) is 19.5. The number of thioether (sulfide) groups is 1. The molecule has 1 fully saturated rings. The molecule has 0 N–H and O–H groups in total. The Morgan fingerprint density at radius 1 is 1.30 bits per heavy atom. The Hall–Kier alpha value is -1.86. The number of piperidine rings is 1. The molecule has 1 amide bonds. The molecule has 1 aliphatic heterocycles. The van der Waals surface area contributed by atoms with E-state index in [9.17, 15) is 9.59 Å². The van der Waals surface area contributed by atoms with Crippen molar-refractivity contribution in [3.05, 3.63) is 34.6 Å². The molecule has 7 heteroatoms. The molecule has 0 saturated carbocycles. The molecule has 0 spiro atoms. The number of rotatable bonds is 8. The molecule has 164 valence electrons. The van der Waals surface area contributed by atoms with Crippen LogP contribution in [0.1, 0.15) is 46.0 Å². The Kier molecular flexibility index (Phi) is 7.94. The summed E-state index contributed by atoms with van der Waals surface area (Å²) in [4.78, 5) is 35.3. The number of likely N-dealkylation sites (tertiary alicyclic amines) is 1. The zero-order chi connectivity index (χ0) is 21.7. The normalized spacial score (nSPS) is 18.2. The number of nitrogens with zero attached hydrogens (tertiary/aromatic N) is 4. The Morgan fingerprint density at radius 3 is 2.80 bits per heavy atom. The van der Waals surface area contributed by atoms with Gasteiger partial charge in [-0.2, -0.15) is 0 Å². The number of hydrogen-bond acceptors (Lipinski definition) is 5. The van der Waals surface area contributed by atoms with Gasteiger partial charge in [-0.3, -0.25) is 14.2 Å². The van der Waals surface area contributed by atoms with Gasteiger partial charge in [-0.1, -0.05) is 30.8 Å². The van der Waals surface area contributed by atoms with Crippen LogP contribution in [0.25, 0.3) is 10.9 Å². The molecule has 0 unspecified atom stereocenters. The smallest absolute Gasteiger partial charge is 0.262 e. The summed E-state index contributed by atoms with van der Waals surface area (Å²) in [5.41, 5.74) is 0.670. The monoisotopic (exact) mass is 430 g/mol. The summed E-state index contributed by atoms with van der Waals surface area (Å²) in [6, 6.07) is 7.80. The van der Waals surface area contributed by atoms with E-state index in [4.69, 9.17) is 4.98 Å². The maximum absolute atomic E-state index is 13.2. The minimum absolute atomic E-state index is 0.0223. The summed E-state index contributed by atoms with van der Waals surface area (Å²) in [6.45, 7) is 6.42. The molecule has 3 rings (SSSR count). The van der Waals surface area contributed by atoms with Crippen molar-refractivity contribution in [2.75, 3.05) is 27.2 Å². The molecular weight excluding hydrogens is 396 g/mol. The van der Waals surface area contributed by atoms with Crippen molar-refractivity contribution in [3.63, 3.8) is 0 Å². The molecule has 2 aromatic rings. The van der Waals surface area contributed by atoms with Crippen molar-refractivity contribution in [2.45, 2.75) is 68.9 Å². The maximum Gasteiger partial charge on any atom is 0.262 e. The minimum Gasteiger partial charge on any atom is -0.339 e. The first-order valence-corrected chi connectivity index (χ1v) is 11.9. The number of carbonyl (C=O) groups is 1. The number of amides is 1. The van der Waals surface area contributed by atoms with Crippen LogP contribution in [0.15, 0.2) is 34.2 Å². The number of fused-ring (bicyclic) bond motifs is 1. The van der Waals surface area contributed by atoms with Gasteiger partial charge in [0.25, 0.3) is 5.56 Å². The van der Waals surface area contributed by atoms with Gasteiger partial charge in [0.05, 0.1) is 16.2 Å². The molecule has 1 aromatic carbocycles. The summed E-state index contributed by atoms with van der Waals surface area (Å²) in [7, 11) is 4.06. The highest BCUT2D eigenvalue weighted by Gasteiger charge is 2.30. The van der Waals surface area contributed by atoms with Crippen molar-refractivity contribution in [1.29, 1.82) is 0 Å². The lowest BCUT2D eigenvalue weighted by atomic mass is 10.00. The Labute approximate surface area is 183 Å². The third-order valence-electron chi connectivity index (χ3n) is 5.83. The summed E-state index contributed by atoms with van der Waals surface area (Å²) < 4.78 is 1.76. The number of carbonyl (C=O) groups excluding carboxylic acids is 1. The molecule has 1 aliphatic rings. The second-order valence-corrected chi connectivity index (χ2v) is 9.68. The Bertz CT molecular complexity index is 927. The van der Waals surface area contributed by atoms with E-state index >= 15 is 0 Å². The van der Waals surface area contributed by atoms with Crippen molar-refractivity contribution in [3.8, 4) is 0 Å². The molecule has 2 atom stereocenters. The molecule has 30 heavy (non-hydrogen) atoms. The first-order chi connectivity index (χ1) is 14.4. The Balaban J connectivity index is 1.87. The largest absolute Gasteiger partial charge is 0.339 e. The Morgan fingerprint density at radius 2 is 2.07 bits per heavy atom. The van der Waals surface area contributed by atoms with Crippen molar-refractivity contribution in [2.24, 2.45) is 0 Å². The first kappa shape index (κ1) is 22.8. The highest BCUT2D eigenvalue weighted by atomic mass is 32.2. The van der Waals surface area contributed by atoms with Crippen molar-refractivity contribution < 1.29 is 4.79 Å². The predicted octanol–water partition coefficient (Wildman–Crippen LogP) is 3.62. The van der Waals surface area contributed by atoms with Crippen LogP contribution in [-0.2, 0) is 11.3 Å². The third-order valence-corrected chi connectivity index (χ3v) is 6.90. The zero-order valence-electron chi connectivity index (χ0n) is 18.6. The standard InChI is InChI=1S/C23H34N4O2S/c1-5-18-11-8-9-15-26(18)21(28)17(2)30-23-24-20-13-7-6-12-19(20)22(29)27(23)16-10-14-25(3)4/h6-7,12-13,17-18H,5,8-11,14-16H2,1-4H3/t17-,18-/m1/s1. The van der Waals surface area contributed by atoms with E-state index in [0.29, 0.717) is 28.6 Å². The van der Waals surface area contributed by atoms with Gasteiger partial charge >= 0.3 is 0 Å². The first-order valence-electron chi connectivity index (χ1n) is 11.0. The molecular formula is C23H34N4O2S. The fourth-order valence-corrected chi connectivity index (χ4v) is 5.14. The van der Waals surface area contributed by atoms with E-state index in [1.54, 1.807) is 4.57 Å². The van der Waals surface area contributed by atoms with Crippen LogP contribution in [0.4, 0.5) is 0 Å². The lowest BCUT2D eigenvalue weighted by molar-refractivity contribution is -0.134. The van der Waals surface area contributed by atoms with Crippen LogP contribution in [0.3, 0.4) is 0 Å². The van der Waals surface area contributed by atoms with E-state index in [1.807, 2.05) is 45.3 Å². The summed E-state index contributed by atoms with van der Waals surface area (Å²) in [5, 5.41) is 1.00. The van der Waals surface area contributed by atoms with Gasteiger partial charge < -0.3 is 9.80 Å². The van der Waals surface area contributed by atoms with Gasteiger partial charge in [-0.25, -0.2) is 4.98 Å². The molecule has 0 bridgehead atoms. The quantitative estimate of drug-likeness (QED) is 0.473. The average molecular weight is 431 g/mol. The topological polar surface area (TPSA) is 58.4 Å². The van der Waals surface area contributed by atoms with Crippen LogP contribution in [0.5, 0.6) is 0 Å². The number of aromatic nitrogens is 2. The highest BCUT2D eigenvalue weighted by Crippen LogP contribution is 2.27. The lowest BCUT2D eigenvalue weighted by Gasteiger charge is -2.36. The van der Waals surface area contributed by atoms with E-state index in [1.165, 1.54) is 18.2 Å². The fraction of sp³-hybridized carbons (Fsp3) is 0.609. The van der Waals surface area contributed by atoms with Crippen molar-refractivity contribution in [1.82, 2.24) is 19.4 Å². The second-order valence-electron chi connectivity index (χ2n) is 8.37. The maximum atomic E-state index is 13.2. The van der Waals surface area contributed by atoms with Gasteiger partial charge in [-0.05, 0) is 71.8 Å². The minimum atomic E-state index is -0.273. The molecule has 6 nitrogen and oxygen atoms in total. The molecule has 2 heterocycles. The van der Waals surface area contributed by atoms with E-state index in [2.05, 4.69) is 16.7 Å². The number of benzene rings is 1. The SMILES string of the molecule is CC[C@@H]1CCCCN1C(=O)[C@@H](C)Sc1nc2ccccc2c(=O)n1CCCN(C)C. The van der Waals surface area contributed by atoms with Crippen LogP contribution in [0, 0.1) is 0 Å². The summed E-state index contributed by atoms with van der Waals surface area (Å²) in [6.07, 6.45) is 5.20. The van der Waals surface area contributed by atoms with E-state index < -0.39 is 0 Å². The second kappa shape index (κ2) is 10.4. The predicted molar refractivity (Wildman–Crippen MR) is 124 cm³/mol. The molecule has 0 aliphatic carbocycles. The number of hydrogen-bond donors (Lipinski definition) is 0.